The van der Waals surface area contributed by atoms with E-state index in [9.17, 15) is 24.9 Å². The number of nitrogen functional groups attached to an aromatic ring is 1. The first-order chi connectivity index (χ1) is 18.2. The van der Waals surface area contributed by atoms with E-state index in [1.807, 2.05) is 30.5 Å². The Morgan fingerprint density at radius 3 is 1.63 bits per heavy atom. The van der Waals surface area contributed by atoms with Crippen LogP contribution in [-0.4, -0.2) is 31.1 Å². The minimum absolute atomic E-state index is 0.241. The summed E-state index contributed by atoms with van der Waals surface area (Å²) in [5.41, 5.74) is 4.84. The highest BCUT2D eigenvalue weighted by molar-refractivity contribution is 5.98. The minimum atomic E-state index is -0.591. The van der Waals surface area contributed by atoms with Crippen molar-refractivity contribution in [1.29, 1.82) is 10.5 Å². The molecule has 9 heteroatoms. The number of nitrogens with zero attached hydrogens (tertiary/aromatic N) is 2. The van der Waals surface area contributed by atoms with Gasteiger partial charge in [0.05, 0.1) is 47.3 Å². The zero-order chi connectivity index (χ0) is 27.9. The first kappa shape index (κ1) is 28.4. The van der Waals surface area contributed by atoms with Gasteiger partial charge in [-0.2, -0.15) is 10.5 Å². The van der Waals surface area contributed by atoms with Crippen LogP contribution in [0.2, 0.25) is 0 Å². The summed E-state index contributed by atoms with van der Waals surface area (Å²) in [6.45, 7) is 6.14. The van der Waals surface area contributed by atoms with Gasteiger partial charge in [-0.25, -0.2) is 15.4 Å². The molecule has 3 N–H and O–H groups in total. The van der Waals surface area contributed by atoms with E-state index in [-0.39, 0.29) is 29.1 Å². The molecule has 0 radical (unpaired) electrons. The van der Waals surface area contributed by atoms with E-state index in [2.05, 4.69) is 12.1 Å². The molecule has 2 aromatic carbocycles. The molecule has 198 valence electrons. The molecule has 2 aliphatic carbocycles. The predicted octanol–water partition coefficient (Wildman–Crippen LogP) is 4.00. The first-order valence-electron chi connectivity index (χ1n) is 12.7. The van der Waals surface area contributed by atoms with E-state index < -0.39 is 17.3 Å². The van der Waals surface area contributed by atoms with E-state index >= 15 is 0 Å². The Labute approximate surface area is 222 Å². The molecule has 2 aromatic rings. The summed E-state index contributed by atoms with van der Waals surface area (Å²) in [6.07, 6.45) is 4.07. The fourth-order valence-corrected chi connectivity index (χ4v) is 4.14. The molecule has 0 aliphatic heterocycles. The van der Waals surface area contributed by atoms with Crippen molar-refractivity contribution in [2.24, 2.45) is 5.84 Å². The highest BCUT2D eigenvalue weighted by Crippen LogP contribution is 2.48. The molecular formula is C29H32N4O5. The summed E-state index contributed by atoms with van der Waals surface area (Å²) in [6, 6.07) is 14.9. The maximum absolute atomic E-state index is 11.8. The third kappa shape index (κ3) is 6.19. The summed E-state index contributed by atoms with van der Waals surface area (Å²) in [4.78, 5) is 35.3. The number of ether oxygens (including phenoxy) is 2. The van der Waals surface area contributed by atoms with E-state index in [0.717, 1.165) is 43.2 Å². The summed E-state index contributed by atoms with van der Waals surface area (Å²) in [5, 5.41) is 18.5. The van der Waals surface area contributed by atoms with Gasteiger partial charge in [0.1, 0.15) is 0 Å². The minimum Gasteiger partial charge on any atom is -0.462 e. The average Bonchev–Trinajstić information content (AvgIpc) is 3.88. The molecule has 0 atom stereocenters. The van der Waals surface area contributed by atoms with Gasteiger partial charge in [0.15, 0.2) is 0 Å². The van der Waals surface area contributed by atoms with Crippen molar-refractivity contribution in [2.45, 2.75) is 63.7 Å². The van der Waals surface area contributed by atoms with Crippen molar-refractivity contribution < 1.29 is 23.9 Å². The van der Waals surface area contributed by atoms with Crippen LogP contribution < -0.4 is 11.3 Å². The molecule has 4 rings (SSSR count). The number of carbonyl (C=O) groups is 3. The topological polar surface area (TPSA) is 155 Å². The van der Waals surface area contributed by atoms with E-state index in [0.29, 0.717) is 17.7 Å². The number of nitrogens with two attached hydrogens (primary N) is 1. The van der Waals surface area contributed by atoms with Gasteiger partial charge >= 0.3 is 11.9 Å². The molecule has 0 spiro atoms. The summed E-state index contributed by atoms with van der Waals surface area (Å²) in [5.74, 6) is 3.78. The average molecular weight is 517 g/mol. The number of carbonyl (C=O) groups excluding carboxylic acids is 3. The molecule has 2 aliphatic rings. The monoisotopic (exact) mass is 516 g/mol. The molecular weight excluding hydrogens is 484 g/mol. The molecule has 9 nitrogen and oxygen atoms in total. The second-order valence-electron chi connectivity index (χ2n) is 9.37. The van der Waals surface area contributed by atoms with Crippen LogP contribution >= 0.6 is 0 Å². The lowest BCUT2D eigenvalue weighted by Gasteiger charge is -2.11. The van der Waals surface area contributed by atoms with Crippen molar-refractivity contribution in [2.75, 3.05) is 13.2 Å². The molecule has 2 fully saturated rings. The Kier molecular flexibility index (Phi) is 8.88. The van der Waals surface area contributed by atoms with Crippen molar-refractivity contribution in [3.63, 3.8) is 0 Å². The number of nitriles is 2. The van der Waals surface area contributed by atoms with Gasteiger partial charge < -0.3 is 9.47 Å². The zero-order valence-corrected chi connectivity index (χ0v) is 21.9. The van der Waals surface area contributed by atoms with Crippen molar-refractivity contribution in [3.05, 3.63) is 69.8 Å². The van der Waals surface area contributed by atoms with Gasteiger partial charge in [0, 0.05) is 5.56 Å². The number of amides is 1. The number of esters is 2. The number of rotatable bonds is 8. The Bertz CT molecular complexity index is 1310. The SMILES string of the molecule is CCOC(=O)c1cc(C(=O)NN)cc(C2(C#N)CC2)c1.CCOC(=O)c1cc(CC)cc(C2(C#N)CC2)c1. The molecule has 0 unspecified atom stereocenters. The molecule has 0 aromatic heterocycles. The highest BCUT2D eigenvalue weighted by atomic mass is 16.5. The zero-order valence-electron chi connectivity index (χ0n) is 21.9. The van der Waals surface area contributed by atoms with Crippen LogP contribution in [0.4, 0.5) is 0 Å². The molecule has 2 saturated carbocycles. The Morgan fingerprint density at radius 1 is 0.789 bits per heavy atom. The van der Waals surface area contributed by atoms with Gasteiger partial charge in [-0.3, -0.25) is 10.2 Å². The van der Waals surface area contributed by atoms with Gasteiger partial charge in [0.25, 0.3) is 5.91 Å². The molecule has 0 bridgehead atoms. The second-order valence-corrected chi connectivity index (χ2v) is 9.37. The molecule has 0 saturated heterocycles. The lowest BCUT2D eigenvalue weighted by Crippen LogP contribution is -2.30. The van der Waals surface area contributed by atoms with Gasteiger partial charge in [0.2, 0.25) is 0 Å². The smallest absolute Gasteiger partial charge is 0.338 e. The Morgan fingerprint density at radius 2 is 1.24 bits per heavy atom. The summed E-state index contributed by atoms with van der Waals surface area (Å²) < 4.78 is 9.96. The Balaban J connectivity index is 0.000000212. The van der Waals surface area contributed by atoms with Crippen LogP contribution in [0.1, 0.15) is 94.2 Å². The Hall–Kier alpha value is -4.21. The van der Waals surface area contributed by atoms with Crippen LogP contribution in [0.3, 0.4) is 0 Å². The molecule has 38 heavy (non-hydrogen) atoms. The van der Waals surface area contributed by atoms with Gasteiger partial charge in [-0.1, -0.05) is 13.0 Å². The number of hydrogen-bond donors (Lipinski definition) is 2. The second kappa shape index (κ2) is 11.9. The fraction of sp³-hybridized carbons (Fsp3) is 0.414. The molecule has 1 amide bonds. The van der Waals surface area contributed by atoms with Crippen LogP contribution in [0, 0.1) is 22.7 Å². The first-order valence-corrected chi connectivity index (χ1v) is 12.7. The standard InChI is InChI=1S/C15H17NO2.C14H15N3O3/c1-3-11-7-12(14(17)18-4-2)9-13(8-11)15(10-16)5-6-15;1-2-20-13(19)10-5-9(12(18)17-16)6-11(7-10)14(8-15)3-4-14/h7-9H,3-6H2,1-2H3;5-7H,2-4,16H2,1H3,(H,17,18). The predicted molar refractivity (Wildman–Crippen MR) is 139 cm³/mol. The van der Waals surface area contributed by atoms with E-state index in [4.69, 9.17) is 15.3 Å². The van der Waals surface area contributed by atoms with Crippen LogP contribution in [0.25, 0.3) is 0 Å². The quantitative estimate of drug-likeness (QED) is 0.231. The number of benzene rings is 2. The summed E-state index contributed by atoms with van der Waals surface area (Å²) >= 11 is 0. The third-order valence-corrected chi connectivity index (χ3v) is 6.78. The third-order valence-electron chi connectivity index (χ3n) is 6.78. The number of hydrogen-bond acceptors (Lipinski definition) is 8. The fourth-order valence-electron chi connectivity index (χ4n) is 4.14. The lowest BCUT2D eigenvalue weighted by molar-refractivity contribution is 0.0516. The lowest BCUT2D eigenvalue weighted by atomic mass is 9.93. The maximum atomic E-state index is 11.8. The van der Waals surface area contributed by atoms with E-state index in [1.165, 1.54) is 6.07 Å². The number of aryl methyl sites for hydroxylation is 1. The van der Waals surface area contributed by atoms with Crippen LogP contribution in [-0.2, 0) is 26.7 Å². The largest absolute Gasteiger partial charge is 0.462 e. The van der Waals surface area contributed by atoms with Gasteiger partial charge in [-0.05, 0) is 93.0 Å². The number of nitrogens with one attached hydrogen (secondary N) is 1. The van der Waals surface area contributed by atoms with Crippen molar-refractivity contribution in [3.8, 4) is 12.1 Å². The molecule has 0 heterocycles. The summed E-state index contributed by atoms with van der Waals surface area (Å²) in [7, 11) is 0. The van der Waals surface area contributed by atoms with Gasteiger partial charge in [-0.15, -0.1) is 0 Å². The van der Waals surface area contributed by atoms with Crippen molar-refractivity contribution >= 4 is 17.8 Å². The number of hydrazine groups is 1. The maximum Gasteiger partial charge on any atom is 0.338 e. The van der Waals surface area contributed by atoms with Crippen LogP contribution in [0.15, 0.2) is 36.4 Å². The highest BCUT2D eigenvalue weighted by Gasteiger charge is 2.46. The van der Waals surface area contributed by atoms with Crippen molar-refractivity contribution in [1.82, 2.24) is 5.43 Å². The van der Waals surface area contributed by atoms with Crippen LogP contribution in [0.5, 0.6) is 0 Å². The normalized spacial score (nSPS) is 15.4. The van der Waals surface area contributed by atoms with E-state index in [1.54, 1.807) is 26.0 Å².